The van der Waals surface area contributed by atoms with Crippen molar-refractivity contribution in [2.45, 2.75) is 19.0 Å². The maximum Gasteiger partial charge on any atom is 0.0264 e. The molecule has 0 saturated carbocycles. The van der Waals surface area contributed by atoms with Gasteiger partial charge in [-0.1, -0.05) is 30.3 Å². The van der Waals surface area contributed by atoms with Crippen molar-refractivity contribution in [2.24, 2.45) is 5.92 Å². The summed E-state index contributed by atoms with van der Waals surface area (Å²) in [7, 11) is 0. The summed E-state index contributed by atoms with van der Waals surface area (Å²) in [6.07, 6.45) is 1.38. The van der Waals surface area contributed by atoms with Gasteiger partial charge in [0, 0.05) is 19.1 Å². The zero-order chi connectivity index (χ0) is 10.1. The van der Waals surface area contributed by atoms with E-state index in [4.69, 9.17) is 0 Å². The third-order valence-corrected chi connectivity index (χ3v) is 3.79. The van der Waals surface area contributed by atoms with Crippen LogP contribution in [0.2, 0.25) is 0 Å². The largest absolute Gasteiger partial charge is 0.315 e. The molecule has 2 aliphatic rings. The molecule has 0 radical (unpaired) electrons. The van der Waals surface area contributed by atoms with Gasteiger partial charge in [0.15, 0.2) is 0 Å². The van der Waals surface area contributed by atoms with Crippen molar-refractivity contribution in [3.05, 3.63) is 35.9 Å². The first-order valence-corrected chi connectivity index (χ1v) is 5.92. The molecule has 0 spiro atoms. The molecular weight excluding hydrogens is 184 g/mol. The number of nitrogens with one attached hydrogen (secondary N) is 1. The summed E-state index contributed by atoms with van der Waals surface area (Å²) in [5.74, 6) is 0.911. The van der Waals surface area contributed by atoms with Crippen LogP contribution in [0, 0.1) is 5.92 Å². The SMILES string of the molecule is c1ccc(CN2CC[C@@H]3CNC[C@H]32)cc1. The molecule has 1 aromatic rings. The minimum Gasteiger partial charge on any atom is -0.315 e. The monoisotopic (exact) mass is 202 g/mol. The van der Waals surface area contributed by atoms with Crippen LogP contribution in [-0.4, -0.2) is 30.6 Å². The molecule has 2 aliphatic heterocycles. The van der Waals surface area contributed by atoms with Gasteiger partial charge in [-0.25, -0.2) is 0 Å². The zero-order valence-electron chi connectivity index (χ0n) is 9.02. The molecule has 0 aliphatic carbocycles. The minimum absolute atomic E-state index is 0.796. The van der Waals surface area contributed by atoms with E-state index in [0.29, 0.717) is 0 Å². The standard InChI is InChI=1S/C13H18N2/c1-2-4-11(5-3-1)10-15-7-6-12-8-14-9-13(12)15/h1-5,12-14H,6-10H2/t12-,13-/m1/s1. The van der Waals surface area contributed by atoms with Crippen LogP contribution in [0.3, 0.4) is 0 Å². The van der Waals surface area contributed by atoms with Crippen LogP contribution in [0.25, 0.3) is 0 Å². The van der Waals surface area contributed by atoms with Crippen molar-refractivity contribution in [1.82, 2.24) is 10.2 Å². The highest BCUT2D eigenvalue weighted by molar-refractivity contribution is 5.15. The Hall–Kier alpha value is -0.860. The maximum absolute atomic E-state index is 3.50. The van der Waals surface area contributed by atoms with Crippen LogP contribution >= 0.6 is 0 Å². The van der Waals surface area contributed by atoms with Crippen molar-refractivity contribution >= 4 is 0 Å². The Kier molecular flexibility index (Phi) is 2.47. The lowest BCUT2D eigenvalue weighted by Gasteiger charge is -2.22. The Morgan fingerprint density at radius 3 is 2.93 bits per heavy atom. The quantitative estimate of drug-likeness (QED) is 0.781. The third kappa shape index (κ3) is 1.80. The number of nitrogens with zero attached hydrogens (tertiary/aromatic N) is 1. The van der Waals surface area contributed by atoms with Crippen LogP contribution in [0.1, 0.15) is 12.0 Å². The lowest BCUT2D eigenvalue weighted by Crippen LogP contribution is -2.33. The van der Waals surface area contributed by atoms with Gasteiger partial charge in [0.1, 0.15) is 0 Å². The molecule has 0 unspecified atom stereocenters. The predicted octanol–water partition coefficient (Wildman–Crippen LogP) is 1.48. The van der Waals surface area contributed by atoms with E-state index >= 15 is 0 Å². The van der Waals surface area contributed by atoms with Gasteiger partial charge in [0.2, 0.25) is 0 Å². The van der Waals surface area contributed by atoms with Crippen LogP contribution in [0.4, 0.5) is 0 Å². The Bertz CT molecular complexity index is 323. The molecule has 80 valence electrons. The summed E-state index contributed by atoms with van der Waals surface area (Å²) < 4.78 is 0. The molecule has 2 saturated heterocycles. The average Bonchev–Trinajstić information content (AvgIpc) is 2.85. The first-order valence-electron chi connectivity index (χ1n) is 5.92. The second-order valence-electron chi connectivity index (χ2n) is 4.73. The summed E-state index contributed by atoms with van der Waals surface area (Å²) in [6, 6.07) is 11.6. The molecule has 3 rings (SSSR count). The van der Waals surface area contributed by atoms with E-state index in [0.717, 1.165) is 18.5 Å². The van der Waals surface area contributed by atoms with Crippen molar-refractivity contribution < 1.29 is 0 Å². The van der Waals surface area contributed by atoms with Crippen molar-refractivity contribution in [1.29, 1.82) is 0 Å². The fourth-order valence-corrected chi connectivity index (χ4v) is 2.95. The second kappa shape index (κ2) is 3.95. The van der Waals surface area contributed by atoms with Gasteiger partial charge in [-0.05, 0) is 31.0 Å². The Labute approximate surface area is 91.3 Å². The van der Waals surface area contributed by atoms with Crippen LogP contribution in [0.15, 0.2) is 30.3 Å². The number of benzene rings is 1. The summed E-state index contributed by atoms with van der Waals surface area (Å²) in [4.78, 5) is 2.64. The number of hydrogen-bond acceptors (Lipinski definition) is 2. The fourth-order valence-electron chi connectivity index (χ4n) is 2.95. The molecule has 0 amide bonds. The molecule has 0 aromatic heterocycles. The van der Waals surface area contributed by atoms with Crippen molar-refractivity contribution in [2.75, 3.05) is 19.6 Å². The molecule has 2 heteroatoms. The lowest BCUT2D eigenvalue weighted by atomic mass is 10.1. The molecule has 2 nitrogen and oxygen atoms in total. The second-order valence-corrected chi connectivity index (χ2v) is 4.73. The van der Waals surface area contributed by atoms with E-state index in [9.17, 15) is 0 Å². The van der Waals surface area contributed by atoms with Gasteiger partial charge < -0.3 is 5.32 Å². The molecular formula is C13H18N2. The average molecular weight is 202 g/mol. The van der Waals surface area contributed by atoms with E-state index in [2.05, 4.69) is 40.5 Å². The fraction of sp³-hybridized carbons (Fsp3) is 0.538. The molecule has 15 heavy (non-hydrogen) atoms. The molecule has 2 heterocycles. The van der Waals surface area contributed by atoms with Crippen LogP contribution < -0.4 is 5.32 Å². The van der Waals surface area contributed by atoms with Gasteiger partial charge in [-0.2, -0.15) is 0 Å². The van der Waals surface area contributed by atoms with Gasteiger partial charge in [0.05, 0.1) is 0 Å². The van der Waals surface area contributed by atoms with Crippen LogP contribution in [0.5, 0.6) is 0 Å². The van der Waals surface area contributed by atoms with Crippen molar-refractivity contribution in [3.8, 4) is 0 Å². The van der Waals surface area contributed by atoms with Gasteiger partial charge in [-0.3, -0.25) is 4.90 Å². The molecule has 1 N–H and O–H groups in total. The zero-order valence-corrected chi connectivity index (χ0v) is 9.02. The summed E-state index contributed by atoms with van der Waals surface area (Å²) >= 11 is 0. The number of rotatable bonds is 2. The lowest BCUT2D eigenvalue weighted by molar-refractivity contribution is 0.244. The number of fused-ring (bicyclic) bond motifs is 1. The summed E-state index contributed by atoms with van der Waals surface area (Å²) in [5, 5.41) is 3.50. The Morgan fingerprint density at radius 1 is 1.20 bits per heavy atom. The van der Waals surface area contributed by atoms with Crippen molar-refractivity contribution in [3.63, 3.8) is 0 Å². The van der Waals surface area contributed by atoms with E-state index in [1.807, 2.05) is 0 Å². The summed E-state index contributed by atoms with van der Waals surface area (Å²) in [6.45, 7) is 4.84. The van der Waals surface area contributed by atoms with E-state index in [1.165, 1.54) is 31.6 Å². The molecule has 2 atom stereocenters. The molecule has 1 aromatic carbocycles. The first kappa shape index (κ1) is 9.37. The molecule has 2 fully saturated rings. The Balaban J connectivity index is 1.69. The minimum atomic E-state index is 0.796. The number of likely N-dealkylation sites (tertiary alicyclic amines) is 1. The summed E-state index contributed by atoms with van der Waals surface area (Å²) in [5.41, 5.74) is 1.45. The van der Waals surface area contributed by atoms with E-state index in [-0.39, 0.29) is 0 Å². The first-order chi connectivity index (χ1) is 7.43. The molecule has 0 bridgehead atoms. The smallest absolute Gasteiger partial charge is 0.0264 e. The maximum atomic E-state index is 3.50. The van der Waals surface area contributed by atoms with Gasteiger partial charge in [0.25, 0.3) is 0 Å². The highest BCUT2D eigenvalue weighted by atomic mass is 15.2. The van der Waals surface area contributed by atoms with Gasteiger partial charge in [-0.15, -0.1) is 0 Å². The topological polar surface area (TPSA) is 15.3 Å². The van der Waals surface area contributed by atoms with Gasteiger partial charge >= 0.3 is 0 Å². The third-order valence-electron chi connectivity index (χ3n) is 3.79. The van der Waals surface area contributed by atoms with Crippen LogP contribution in [-0.2, 0) is 6.54 Å². The predicted molar refractivity (Wildman–Crippen MR) is 61.6 cm³/mol. The highest BCUT2D eigenvalue weighted by Gasteiger charge is 2.36. The normalized spacial score (nSPS) is 30.7. The Morgan fingerprint density at radius 2 is 2.07 bits per heavy atom. The number of hydrogen-bond donors (Lipinski definition) is 1. The highest BCUT2D eigenvalue weighted by Crippen LogP contribution is 2.28. The van der Waals surface area contributed by atoms with E-state index < -0.39 is 0 Å². The van der Waals surface area contributed by atoms with E-state index in [1.54, 1.807) is 0 Å².